The molecule has 0 aliphatic carbocycles. The van der Waals surface area contributed by atoms with E-state index in [1.807, 2.05) is 13.8 Å². The number of nitrogens with zero attached hydrogens (tertiary/aromatic N) is 1. The molecule has 0 heterocycles. The maximum atomic E-state index is 12.7. The Balaban J connectivity index is 3.05. The SMILES string of the molecule is CC(C)N=C(NN)Nc1cc(Br)cc(C(F)(F)F)c1. The van der Waals surface area contributed by atoms with Gasteiger partial charge in [-0.2, -0.15) is 13.2 Å². The lowest BCUT2D eigenvalue weighted by molar-refractivity contribution is -0.137. The Bertz CT molecular complexity index is 471. The highest BCUT2D eigenvalue weighted by atomic mass is 79.9. The summed E-state index contributed by atoms with van der Waals surface area (Å²) in [5.41, 5.74) is 1.78. The van der Waals surface area contributed by atoms with Crippen LogP contribution in [0.25, 0.3) is 0 Å². The maximum absolute atomic E-state index is 12.7. The first kappa shape index (κ1) is 15.8. The Hall–Kier alpha value is -1.28. The number of halogens is 4. The Morgan fingerprint density at radius 2 is 1.95 bits per heavy atom. The topological polar surface area (TPSA) is 62.4 Å². The van der Waals surface area contributed by atoms with Crippen molar-refractivity contribution in [1.29, 1.82) is 0 Å². The molecule has 0 saturated carbocycles. The molecule has 0 aliphatic heterocycles. The number of anilines is 1. The number of nitrogens with two attached hydrogens (primary N) is 1. The molecular weight excluding hydrogens is 325 g/mol. The Kier molecular flexibility index (Phi) is 5.19. The van der Waals surface area contributed by atoms with Crippen molar-refractivity contribution in [3.8, 4) is 0 Å². The average molecular weight is 339 g/mol. The van der Waals surface area contributed by atoms with Crippen LogP contribution in [-0.2, 0) is 6.18 Å². The van der Waals surface area contributed by atoms with Gasteiger partial charge >= 0.3 is 6.18 Å². The van der Waals surface area contributed by atoms with E-state index in [4.69, 9.17) is 5.84 Å². The van der Waals surface area contributed by atoms with Crippen molar-refractivity contribution in [3.63, 3.8) is 0 Å². The summed E-state index contributed by atoms with van der Waals surface area (Å²) >= 11 is 3.04. The van der Waals surface area contributed by atoms with Crippen LogP contribution in [0.2, 0.25) is 0 Å². The molecule has 4 N–H and O–H groups in total. The first-order valence-corrected chi connectivity index (χ1v) is 6.21. The highest BCUT2D eigenvalue weighted by Crippen LogP contribution is 2.33. The van der Waals surface area contributed by atoms with Gasteiger partial charge in [0.25, 0.3) is 0 Å². The molecule has 0 amide bonds. The fourth-order valence-corrected chi connectivity index (χ4v) is 1.82. The van der Waals surface area contributed by atoms with Gasteiger partial charge in [-0.05, 0) is 32.0 Å². The molecule has 106 valence electrons. The summed E-state index contributed by atoms with van der Waals surface area (Å²) in [6, 6.07) is 3.44. The predicted molar refractivity (Wildman–Crippen MR) is 72.7 cm³/mol. The van der Waals surface area contributed by atoms with E-state index in [0.717, 1.165) is 12.1 Å². The number of rotatable bonds is 2. The number of hydrogen-bond donors (Lipinski definition) is 3. The molecule has 4 nitrogen and oxygen atoms in total. The number of hydrazine groups is 1. The van der Waals surface area contributed by atoms with E-state index in [2.05, 4.69) is 31.7 Å². The molecule has 0 bridgehead atoms. The summed E-state index contributed by atoms with van der Waals surface area (Å²) < 4.78 is 38.3. The van der Waals surface area contributed by atoms with Crippen molar-refractivity contribution in [1.82, 2.24) is 5.43 Å². The normalized spacial score (nSPS) is 12.7. The van der Waals surface area contributed by atoms with Gasteiger partial charge in [-0.1, -0.05) is 15.9 Å². The summed E-state index contributed by atoms with van der Waals surface area (Å²) in [6.07, 6.45) is -4.41. The van der Waals surface area contributed by atoms with Gasteiger partial charge < -0.3 is 5.32 Å². The van der Waals surface area contributed by atoms with Crippen molar-refractivity contribution >= 4 is 27.6 Å². The minimum atomic E-state index is -4.41. The molecule has 0 saturated heterocycles. The molecule has 0 aliphatic rings. The number of benzene rings is 1. The number of guanidine groups is 1. The molecule has 1 aromatic carbocycles. The van der Waals surface area contributed by atoms with Gasteiger partial charge in [0, 0.05) is 16.2 Å². The monoisotopic (exact) mass is 338 g/mol. The molecule has 0 atom stereocenters. The van der Waals surface area contributed by atoms with Gasteiger partial charge in [0.15, 0.2) is 0 Å². The van der Waals surface area contributed by atoms with Crippen LogP contribution in [-0.4, -0.2) is 12.0 Å². The summed E-state index contributed by atoms with van der Waals surface area (Å²) in [4.78, 5) is 4.09. The highest BCUT2D eigenvalue weighted by Gasteiger charge is 2.31. The van der Waals surface area contributed by atoms with E-state index >= 15 is 0 Å². The van der Waals surface area contributed by atoms with Crippen LogP contribution >= 0.6 is 15.9 Å². The van der Waals surface area contributed by atoms with E-state index in [-0.39, 0.29) is 17.7 Å². The quantitative estimate of drug-likeness (QED) is 0.336. The van der Waals surface area contributed by atoms with Crippen LogP contribution in [0.4, 0.5) is 18.9 Å². The number of hydrogen-bond acceptors (Lipinski definition) is 2. The molecule has 0 spiro atoms. The van der Waals surface area contributed by atoms with Gasteiger partial charge in [0.2, 0.25) is 5.96 Å². The van der Waals surface area contributed by atoms with Gasteiger partial charge in [0.05, 0.1) is 5.56 Å². The summed E-state index contributed by atoms with van der Waals surface area (Å²) in [7, 11) is 0. The lowest BCUT2D eigenvalue weighted by Crippen LogP contribution is -2.37. The Labute approximate surface area is 117 Å². The van der Waals surface area contributed by atoms with E-state index < -0.39 is 11.7 Å². The zero-order chi connectivity index (χ0) is 14.6. The maximum Gasteiger partial charge on any atom is 0.416 e. The first-order valence-electron chi connectivity index (χ1n) is 5.41. The minimum Gasteiger partial charge on any atom is -0.325 e. The molecule has 0 aromatic heterocycles. The third-order valence-electron chi connectivity index (χ3n) is 2.01. The lowest BCUT2D eigenvalue weighted by Gasteiger charge is -2.13. The number of aliphatic imine (C=N–C) groups is 1. The van der Waals surface area contributed by atoms with Crippen LogP contribution in [0.1, 0.15) is 19.4 Å². The molecular formula is C11H14BrF3N4. The predicted octanol–water partition coefficient (Wildman–Crippen LogP) is 3.11. The molecule has 8 heteroatoms. The largest absolute Gasteiger partial charge is 0.416 e. The molecule has 1 rings (SSSR count). The second kappa shape index (κ2) is 6.25. The fraction of sp³-hybridized carbons (Fsp3) is 0.364. The molecule has 0 radical (unpaired) electrons. The fourth-order valence-electron chi connectivity index (χ4n) is 1.33. The zero-order valence-corrected chi connectivity index (χ0v) is 11.9. The van der Waals surface area contributed by atoms with Crippen LogP contribution in [0.3, 0.4) is 0 Å². The molecule has 19 heavy (non-hydrogen) atoms. The molecule has 0 fully saturated rings. The van der Waals surface area contributed by atoms with Gasteiger partial charge in [-0.3, -0.25) is 5.43 Å². The third kappa shape index (κ3) is 5.07. The Morgan fingerprint density at radius 1 is 1.32 bits per heavy atom. The summed E-state index contributed by atoms with van der Waals surface area (Å²) in [5, 5.41) is 2.70. The van der Waals surface area contributed by atoms with Crippen molar-refractivity contribution in [2.45, 2.75) is 26.1 Å². The van der Waals surface area contributed by atoms with Crippen LogP contribution in [0.5, 0.6) is 0 Å². The third-order valence-corrected chi connectivity index (χ3v) is 2.47. The molecule has 1 aromatic rings. The van der Waals surface area contributed by atoms with Crippen LogP contribution < -0.4 is 16.6 Å². The lowest BCUT2D eigenvalue weighted by atomic mass is 10.2. The summed E-state index contributed by atoms with van der Waals surface area (Å²) in [6.45, 7) is 3.64. The Morgan fingerprint density at radius 3 is 2.42 bits per heavy atom. The van der Waals surface area contributed by atoms with Crippen molar-refractivity contribution < 1.29 is 13.2 Å². The second-order valence-corrected chi connectivity index (χ2v) is 4.98. The van der Waals surface area contributed by atoms with Crippen molar-refractivity contribution in [2.24, 2.45) is 10.8 Å². The van der Waals surface area contributed by atoms with Crippen LogP contribution in [0.15, 0.2) is 27.7 Å². The van der Waals surface area contributed by atoms with Gasteiger partial charge in [-0.15, -0.1) is 0 Å². The summed E-state index contributed by atoms with van der Waals surface area (Å²) in [5.74, 6) is 5.45. The van der Waals surface area contributed by atoms with E-state index in [0.29, 0.717) is 4.47 Å². The van der Waals surface area contributed by atoms with Gasteiger partial charge in [-0.25, -0.2) is 10.8 Å². The van der Waals surface area contributed by atoms with E-state index in [9.17, 15) is 13.2 Å². The zero-order valence-electron chi connectivity index (χ0n) is 10.3. The number of alkyl halides is 3. The van der Waals surface area contributed by atoms with Crippen molar-refractivity contribution in [3.05, 3.63) is 28.2 Å². The van der Waals surface area contributed by atoms with Gasteiger partial charge in [0.1, 0.15) is 0 Å². The average Bonchev–Trinajstić information content (AvgIpc) is 2.25. The molecule has 0 unspecified atom stereocenters. The van der Waals surface area contributed by atoms with Crippen LogP contribution in [0, 0.1) is 0 Å². The standard InChI is InChI=1S/C11H14BrF3N4/c1-6(2)17-10(19-16)18-9-4-7(11(13,14)15)3-8(12)5-9/h3-6H,16H2,1-2H3,(H2,17,18,19). The second-order valence-electron chi connectivity index (χ2n) is 4.07. The first-order chi connectivity index (χ1) is 8.72. The van der Waals surface area contributed by atoms with Crippen molar-refractivity contribution in [2.75, 3.05) is 5.32 Å². The number of nitrogens with one attached hydrogen (secondary N) is 2. The highest BCUT2D eigenvalue weighted by molar-refractivity contribution is 9.10. The van der Waals surface area contributed by atoms with E-state index in [1.54, 1.807) is 0 Å². The minimum absolute atomic E-state index is 0.0483. The smallest absolute Gasteiger partial charge is 0.325 e. The van der Waals surface area contributed by atoms with E-state index in [1.165, 1.54) is 6.07 Å².